The second kappa shape index (κ2) is 3.70. The highest BCUT2D eigenvalue weighted by molar-refractivity contribution is 5.95. The zero-order valence-corrected chi connectivity index (χ0v) is 10.5. The summed E-state index contributed by atoms with van der Waals surface area (Å²) in [6, 6.07) is 0. The molecule has 0 aliphatic heterocycles. The third-order valence-corrected chi connectivity index (χ3v) is 4.96. The van der Waals surface area contributed by atoms with E-state index in [0.29, 0.717) is 23.8 Å². The number of nitrogens with zero attached hydrogens (tertiary/aromatic N) is 1. The maximum Gasteiger partial charge on any atom is 0.0774 e. The predicted molar refractivity (Wildman–Crippen MR) is 64.7 cm³/mol. The van der Waals surface area contributed by atoms with Crippen molar-refractivity contribution in [1.82, 2.24) is 5.32 Å². The Morgan fingerprint density at radius 2 is 2.19 bits per heavy atom. The van der Waals surface area contributed by atoms with Crippen LogP contribution < -0.4 is 11.1 Å². The molecule has 92 valence electrons. The Kier molecular flexibility index (Phi) is 2.75. The Morgan fingerprint density at radius 1 is 1.50 bits per heavy atom. The number of nitrogens with two attached hydrogens (primary N) is 1. The van der Waals surface area contributed by atoms with Gasteiger partial charge in [-0.25, -0.2) is 0 Å². The average molecular weight is 225 g/mol. The third-order valence-electron chi connectivity index (χ3n) is 4.96. The summed E-state index contributed by atoms with van der Waals surface area (Å²) in [6.45, 7) is 8.18. The van der Waals surface area contributed by atoms with Crippen molar-refractivity contribution in [3.05, 3.63) is 0 Å². The first-order chi connectivity index (χ1) is 7.46. The summed E-state index contributed by atoms with van der Waals surface area (Å²) in [5.41, 5.74) is 6.63. The highest BCUT2D eigenvalue weighted by Gasteiger charge is 2.62. The van der Waals surface area contributed by atoms with Crippen molar-refractivity contribution in [2.45, 2.75) is 39.2 Å². The maximum absolute atomic E-state index is 9.15. The number of rotatable bonds is 3. The summed E-state index contributed by atoms with van der Waals surface area (Å²) in [6.07, 6.45) is 2.15. The minimum Gasteiger partial charge on any atom is -0.411 e. The van der Waals surface area contributed by atoms with Gasteiger partial charge in [0.1, 0.15) is 0 Å². The molecule has 0 aromatic rings. The lowest BCUT2D eigenvalue weighted by molar-refractivity contribution is -0.0731. The van der Waals surface area contributed by atoms with Gasteiger partial charge < -0.3 is 16.3 Å². The molecule has 4 heteroatoms. The zero-order chi connectivity index (χ0) is 12.0. The molecule has 3 atom stereocenters. The molecule has 16 heavy (non-hydrogen) atoms. The standard InChI is InChI=1S/C12H23N3O/c1-11(2)8-6-9(11)12(3,14-5-4-13)10(7-8)15-16/h8-9,14,16H,4-7,13H2,1-3H3/b15-10+/t8-,9-,12-/m0/s1. The highest BCUT2D eigenvalue weighted by Crippen LogP contribution is 2.61. The fraction of sp³-hybridized carbons (Fsp3) is 0.917. The van der Waals surface area contributed by atoms with Crippen molar-refractivity contribution in [3.63, 3.8) is 0 Å². The summed E-state index contributed by atoms with van der Waals surface area (Å²) in [5.74, 6) is 1.23. The van der Waals surface area contributed by atoms with Crippen molar-refractivity contribution >= 4 is 5.71 Å². The van der Waals surface area contributed by atoms with E-state index >= 15 is 0 Å². The number of oxime groups is 1. The fourth-order valence-electron chi connectivity index (χ4n) is 3.69. The van der Waals surface area contributed by atoms with E-state index in [4.69, 9.17) is 10.9 Å². The first-order valence-corrected chi connectivity index (χ1v) is 6.13. The normalized spacial score (nSPS) is 43.1. The number of fused-ring (bicyclic) bond motifs is 2. The van der Waals surface area contributed by atoms with Crippen molar-refractivity contribution in [2.24, 2.45) is 28.1 Å². The van der Waals surface area contributed by atoms with Crippen LogP contribution in [0, 0.1) is 17.3 Å². The van der Waals surface area contributed by atoms with Crippen LogP contribution in [0.25, 0.3) is 0 Å². The zero-order valence-electron chi connectivity index (χ0n) is 10.5. The molecule has 3 saturated carbocycles. The molecular formula is C12H23N3O. The Balaban J connectivity index is 2.24. The molecule has 0 spiro atoms. The van der Waals surface area contributed by atoms with Gasteiger partial charge in [0.15, 0.2) is 0 Å². The van der Waals surface area contributed by atoms with Crippen molar-refractivity contribution in [3.8, 4) is 0 Å². The second-order valence-corrected chi connectivity index (χ2v) is 5.98. The first-order valence-electron chi connectivity index (χ1n) is 6.13. The molecule has 0 aromatic carbocycles. The largest absolute Gasteiger partial charge is 0.411 e. The van der Waals surface area contributed by atoms with Gasteiger partial charge in [0.25, 0.3) is 0 Å². The van der Waals surface area contributed by atoms with Crippen LogP contribution in [0.3, 0.4) is 0 Å². The second-order valence-electron chi connectivity index (χ2n) is 5.98. The summed E-state index contributed by atoms with van der Waals surface area (Å²) in [4.78, 5) is 0. The van der Waals surface area contributed by atoms with Crippen LogP contribution in [0.1, 0.15) is 33.6 Å². The molecule has 3 aliphatic rings. The van der Waals surface area contributed by atoms with Gasteiger partial charge in [-0.05, 0) is 37.0 Å². The molecule has 0 saturated heterocycles. The highest BCUT2D eigenvalue weighted by atomic mass is 16.4. The van der Waals surface area contributed by atoms with Crippen LogP contribution in [0.2, 0.25) is 0 Å². The minimum absolute atomic E-state index is 0.174. The molecule has 4 N–H and O–H groups in total. The van der Waals surface area contributed by atoms with Gasteiger partial charge in [-0.15, -0.1) is 0 Å². The lowest BCUT2D eigenvalue weighted by Gasteiger charge is -2.64. The van der Waals surface area contributed by atoms with Gasteiger partial charge in [0.2, 0.25) is 0 Å². The molecule has 4 nitrogen and oxygen atoms in total. The molecule has 2 bridgehead atoms. The Labute approximate surface area is 97.3 Å². The number of hydrogen-bond acceptors (Lipinski definition) is 4. The lowest BCUT2D eigenvalue weighted by atomic mass is 9.43. The lowest BCUT2D eigenvalue weighted by Crippen LogP contribution is -2.70. The quantitative estimate of drug-likeness (QED) is 0.499. The molecule has 3 aliphatic carbocycles. The van der Waals surface area contributed by atoms with E-state index in [9.17, 15) is 0 Å². The Hall–Kier alpha value is -0.610. The Bertz CT molecular complexity index is 313. The van der Waals surface area contributed by atoms with Crippen LogP contribution in [0.5, 0.6) is 0 Å². The van der Waals surface area contributed by atoms with Gasteiger partial charge in [0, 0.05) is 13.1 Å². The molecule has 0 radical (unpaired) electrons. The van der Waals surface area contributed by atoms with E-state index in [2.05, 4.69) is 31.2 Å². The molecule has 0 heterocycles. The van der Waals surface area contributed by atoms with Gasteiger partial charge in [-0.1, -0.05) is 19.0 Å². The van der Waals surface area contributed by atoms with Crippen LogP contribution in [-0.4, -0.2) is 29.5 Å². The molecule has 3 fully saturated rings. The van der Waals surface area contributed by atoms with E-state index in [-0.39, 0.29) is 5.54 Å². The van der Waals surface area contributed by atoms with E-state index in [1.54, 1.807) is 0 Å². The van der Waals surface area contributed by atoms with E-state index in [0.717, 1.165) is 18.7 Å². The predicted octanol–water partition coefficient (Wildman–Crippen LogP) is 1.19. The fourth-order valence-corrected chi connectivity index (χ4v) is 3.69. The molecular weight excluding hydrogens is 202 g/mol. The number of hydrogen-bond donors (Lipinski definition) is 3. The minimum atomic E-state index is -0.174. The monoisotopic (exact) mass is 225 g/mol. The van der Waals surface area contributed by atoms with E-state index in [1.807, 2.05) is 0 Å². The smallest absolute Gasteiger partial charge is 0.0774 e. The summed E-state index contributed by atoms with van der Waals surface area (Å²) in [7, 11) is 0. The van der Waals surface area contributed by atoms with Gasteiger partial charge in [-0.2, -0.15) is 0 Å². The molecule has 0 unspecified atom stereocenters. The van der Waals surface area contributed by atoms with Crippen molar-refractivity contribution in [2.75, 3.05) is 13.1 Å². The SMILES string of the molecule is CC1(C)[C@@H]2C/C(=N\O)[C@@](C)(NCCN)[C@H]1C2. The van der Waals surface area contributed by atoms with E-state index in [1.165, 1.54) is 6.42 Å². The Morgan fingerprint density at radius 3 is 2.69 bits per heavy atom. The molecule has 3 rings (SSSR count). The van der Waals surface area contributed by atoms with Crippen LogP contribution in [0.4, 0.5) is 0 Å². The summed E-state index contributed by atoms with van der Waals surface area (Å²) in [5, 5.41) is 16.1. The third kappa shape index (κ3) is 1.39. The van der Waals surface area contributed by atoms with Crippen molar-refractivity contribution < 1.29 is 5.21 Å². The van der Waals surface area contributed by atoms with Gasteiger partial charge in [-0.3, -0.25) is 0 Å². The molecule has 0 aromatic heterocycles. The van der Waals surface area contributed by atoms with Crippen LogP contribution in [0.15, 0.2) is 5.16 Å². The maximum atomic E-state index is 9.15. The summed E-state index contributed by atoms with van der Waals surface area (Å²) >= 11 is 0. The summed E-state index contributed by atoms with van der Waals surface area (Å²) < 4.78 is 0. The van der Waals surface area contributed by atoms with Gasteiger partial charge >= 0.3 is 0 Å². The first kappa shape index (κ1) is 11.9. The van der Waals surface area contributed by atoms with Crippen LogP contribution in [-0.2, 0) is 0 Å². The van der Waals surface area contributed by atoms with E-state index < -0.39 is 0 Å². The molecule has 0 amide bonds. The van der Waals surface area contributed by atoms with Crippen molar-refractivity contribution in [1.29, 1.82) is 0 Å². The topological polar surface area (TPSA) is 70.6 Å². The van der Waals surface area contributed by atoms with Gasteiger partial charge in [0.05, 0.1) is 11.3 Å². The number of nitrogens with one attached hydrogen (secondary N) is 1. The average Bonchev–Trinajstić information content (AvgIpc) is 2.25. The van der Waals surface area contributed by atoms with Crippen LogP contribution >= 0.6 is 0 Å².